The first kappa shape index (κ1) is 23.2. The molecule has 8 heteroatoms. The van der Waals surface area contributed by atoms with Crippen molar-refractivity contribution in [1.29, 1.82) is 0 Å². The third kappa shape index (κ3) is 5.02. The Hall–Kier alpha value is -2.97. The summed E-state index contributed by atoms with van der Waals surface area (Å²) < 4.78 is 34.1. The SMILES string of the molecule is Cc1ccc(Oc2cc(N3CCN(S(=O)(=O)c4cc(C)c(C)cc4C)CC3)nc(C)n2)cc1. The van der Waals surface area contributed by atoms with Gasteiger partial charge < -0.3 is 9.64 Å². The zero-order valence-corrected chi connectivity index (χ0v) is 20.6. The van der Waals surface area contributed by atoms with Crippen LogP contribution >= 0.6 is 0 Å². The number of aryl methyl sites for hydroxylation is 5. The van der Waals surface area contributed by atoms with Crippen LogP contribution in [-0.4, -0.2) is 48.9 Å². The lowest BCUT2D eigenvalue weighted by Crippen LogP contribution is -2.49. The fourth-order valence-corrected chi connectivity index (χ4v) is 5.69. The van der Waals surface area contributed by atoms with Gasteiger partial charge in [0.15, 0.2) is 0 Å². The summed E-state index contributed by atoms with van der Waals surface area (Å²) >= 11 is 0. The monoisotopic (exact) mass is 466 g/mol. The van der Waals surface area contributed by atoms with Crippen molar-refractivity contribution >= 4 is 15.8 Å². The van der Waals surface area contributed by atoms with Gasteiger partial charge in [-0.3, -0.25) is 0 Å². The van der Waals surface area contributed by atoms with Crippen molar-refractivity contribution in [2.75, 3.05) is 31.1 Å². The van der Waals surface area contributed by atoms with E-state index >= 15 is 0 Å². The second-order valence-corrected chi connectivity index (χ2v) is 10.5. The number of nitrogens with zero attached hydrogens (tertiary/aromatic N) is 4. The number of piperazine rings is 1. The van der Waals surface area contributed by atoms with E-state index in [1.807, 2.05) is 71.0 Å². The van der Waals surface area contributed by atoms with Crippen LogP contribution in [0.5, 0.6) is 11.6 Å². The molecule has 7 nitrogen and oxygen atoms in total. The molecular weight excluding hydrogens is 436 g/mol. The second-order valence-electron chi connectivity index (χ2n) is 8.62. The van der Waals surface area contributed by atoms with Gasteiger partial charge in [-0.2, -0.15) is 9.29 Å². The highest BCUT2D eigenvalue weighted by molar-refractivity contribution is 7.89. The van der Waals surface area contributed by atoms with Gasteiger partial charge in [-0.05, 0) is 69.5 Å². The lowest BCUT2D eigenvalue weighted by molar-refractivity contribution is 0.382. The van der Waals surface area contributed by atoms with Crippen LogP contribution in [0.4, 0.5) is 5.82 Å². The van der Waals surface area contributed by atoms with E-state index in [-0.39, 0.29) is 0 Å². The second kappa shape index (κ2) is 9.11. The predicted molar refractivity (Wildman–Crippen MR) is 130 cm³/mol. The van der Waals surface area contributed by atoms with Gasteiger partial charge in [-0.15, -0.1) is 0 Å². The van der Waals surface area contributed by atoms with Crippen LogP contribution in [0, 0.1) is 34.6 Å². The minimum absolute atomic E-state index is 0.394. The quantitative estimate of drug-likeness (QED) is 0.557. The lowest BCUT2D eigenvalue weighted by Gasteiger charge is -2.35. The molecule has 1 aliphatic rings. The van der Waals surface area contributed by atoms with E-state index in [1.54, 1.807) is 10.4 Å². The number of benzene rings is 2. The molecular formula is C25H30N4O3S. The Morgan fingerprint density at radius 1 is 0.788 bits per heavy atom. The van der Waals surface area contributed by atoms with Crippen molar-refractivity contribution in [3.8, 4) is 11.6 Å². The fraction of sp³-hybridized carbons (Fsp3) is 0.360. The molecule has 2 heterocycles. The maximum atomic E-state index is 13.3. The first-order valence-corrected chi connectivity index (χ1v) is 12.5. The highest BCUT2D eigenvalue weighted by Crippen LogP contribution is 2.27. The first-order valence-electron chi connectivity index (χ1n) is 11.1. The van der Waals surface area contributed by atoms with Gasteiger partial charge in [-0.25, -0.2) is 13.4 Å². The summed E-state index contributed by atoms with van der Waals surface area (Å²) in [6.45, 7) is 11.5. The van der Waals surface area contributed by atoms with Gasteiger partial charge in [0.2, 0.25) is 15.9 Å². The normalized spacial score (nSPS) is 15.0. The Morgan fingerprint density at radius 2 is 1.42 bits per heavy atom. The Morgan fingerprint density at radius 3 is 2.09 bits per heavy atom. The number of anilines is 1. The van der Waals surface area contributed by atoms with Gasteiger partial charge in [0.25, 0.3) is 0 Å². The van der Waals surface area contributed by atoms with Gasteiger partial charge in [-0.1, -0.05) is 23.8 Å². The van der Waals surface area contributed by atoms with Gasteiger partial charge >= 0.3 is 0 Å². The zero-order chi connectivity index (χ0) is 23.8. The minimum atomic E-state index is -3.55. The van der Waals surface area contributed by atoms with Crippen LogP contribution in [0.25, 0.3) is 0 Å². The Balaban J connectivity index is 1.49. The average molecular weight is 467 g/mol. The lowest BCUT2D eigenvalue weighted by atomic mass is 10.1. The average Bonchev–Trinajstić information content (AvgIpc) is 2.77. The summed E-state index contributed by atoms with van der Waals surface area (Å²) in [5.41, 5.74) is 4.02. The molecule has 33 heavy (non-hydrogen) atoms. The molecule has 1 aromatic heterocycles. The van der Waals surface area contributed by atoms with Crippen molar-refractivity contribution < 1.29 is 13.2 Å². The Kier molecular flexibility index (Phi) is 6.41. The molecule has 2 aromatic carbocycles. The van der Waals surface area contributed by atoms with Crippen molar-refractivity contribution in [3.63, 3.8) is 0 Å². The van der Waals surface area contributed by atoms with Crippen molar-refractivity contribution in [1.82, 2.24) is 14.3 Å². The number of sulfonamides is 1. The molecule has 4 rings (SSSR count). The van der Waals surface area contributed by atoms with Crippen LogP contribution in [0.1, 0.15) is 28.1 Å². The molecule has 0 amide bonds. The number of rotatable bonds is 5. The Labute approximate surface area is 196 Å². The standard InChI is InChI=1S/C25H30N4O3S/c1-17-6-8-22(9-7-17)32-25-16-24(26-21(5)27-25)28-10-12-29(13-11-28)33(30,31)23-15-19(3)18(2)14-20(23)4/h6-9,14-16H,10-13H2,1-5H3. The maximum absolute atomic E-state index is 13.3. The summed E-state index contributed by atoms with van der Waals surface area (Å²) in [4.78, 5) is 11.4. The molecule has 0 bridgehead atoms. The number of hydrogen-bond donors (Lipinski definition) is 0. The topological polar surface area (TPSA) is 75.6 Å². The molecule has 0 spiro atoms. The summed E-state index contributed by atoms with van der Waals surface area (Å²) in [5.74, 6) is 2.53. The molecule has 1 saturated heterocycles. The van der Waals surface area contributed by atoms with Crippen LogP contribution < -0.4 is 9.64 Å². The molecule has 3 aromatic rings. The zero-order valence-electron chi connectivity index (χ0n) is 19.8. The van der Waals surface area contributed by atoms with E-state index in [0.717, 1.165) is 28.1 Å². The molecule has 0 unspecified atom stereocenters. The third-order valence-corrected chi connectivity index (χ3v) is 8.06. The van der Waals surface area contributed by atoms with Crippen LogP contribution in [0.15, 0.2) is 47.4 Å². The smallest absolute Gasteiger partial charge is 0.243 e. The first-order chi connectivity index (χ1) is 15.6. The summed E-state index contributed by atoms with van der Waals surface area (Å²) in [6.07, 6.45) is 0. The molecule has 1 aliphatic heterocycles. The van der Waals surface area contributed by atoms with Crippen LogP contribution in [0.2, 0.25) is 0 Å². The molecule has 0 atom stereocenters. The van der Waals surface area contributed by atoms with E-state index in [9.17, 15) is 8.42 Å². The van der Waals surface area contributed by atoms with Gasteiger partial charge in [0.05, 0.1) is 4.90 Å². The minimum Gasteiger partial charge on any atom is -0.439 e. The van der Waals surface area contributed by atoms with Crippen LogP contribution in [0.3, 0.4) is 0 Å². The third-order valence-electron chi connectivity index (χ3n) is 6.02. The summed E-state index contributed by atoms with van der Waals surface area (Å²) in [5, 5.41) is 0. The summed E-state index contributed by atoms with van der Waals surface area (Å²) in [6, 6.07) is 13.3. The van der Waals surface area contributed by atoms with E-state index in [1.165, 1.54) is 0 Å². The summed E-state index contributed by atoms with van der Waals surface area (Å²) in [7, 11) is -3.55. The highest BCUT2D eigenvalue weighted by atomic mass is 32.2. The molecule has 0 N–H and O–H groups in total. The number of aromatic nitrogens is 2. The molecule has 0 saturated carbocycles. The predicted octanol–water partition coefficient (Wildman–Crippen LogP) is 4.32. The number of ether oxygens (including phenoxy) is 1. The van der Waals surface area contributed by atoms with Crippen molar-refractivity contribution in [2.45, 2.75) is 39.5 Å². The van der Waals surface area contributed by atoms with Crippen LogP contribution in [-0.2, 0) is 10.0 Å². The molecule has 0 aliphatic carbocycles. The Bertz CT molecular complexity index is 1270. The van der Waals surface area contributed by atoms with E-state index in [0.29, 0.717) is 48.5 Å². The maximum Gasteiger partial charge on any atom is 0.243 e. The fourth-order valence-electron chi connectivity index (χ4n) is 3.98. The van der Waals surface area contributed by atoms with E-state index in [4.69, 9.17) is 4.74 Å². The molecule has 0 radical (unpaired) electrons. The van der Waals surface area contributed by atoms with E-state index in [2.05, 4.69) is 14.9 Å². The van der Waals surface area contributed by atoms with Gasteiger partial charge in [0, 0.05) is 32.2 Å². The van der Waals surface area contributed by atoms with Crippen molar-refractivity contribution in [3.05, 3.63) is 70.5 Å². The highest BCUT2D eigenvalue weighted by Gasteiger charge is 2.30. The number of hydrogen-bond acceptors (Lipinski definition) is 6. The van der Waals surface area contributed by atoms with Gasteiger partial charge in [0.1, 0.15) is 17.4 Å². The van der Waals surface area contributed by atoms with Crippen molar-refractivity contribution in [2.24, 2.45) is 0 Å². The van der Waals surface area contributed by atoms with E-state index < -0.39 is 10.0 Å². The largest absolute Gasteiger partial charge is 0.439 e. The molecule has 1 fully saturated rings. The molecule has 174 valence electrons.